The molecule has 24 heavy (non-hydrogen) atoms. The number of carbonyl (C=O) groups excluding carboxylic acids is 1. The van der Waals surface area contributed by atoms with E-state index in [-0.39, 0.29) is 16.9 Å². The Morgan fingerprint density at radius 1 is 1.29 bits per heavy atom. The molecule has 3 rings (SSSR count). The summed E-state index contributed by atoms with van der Waals surface area (Å²) in [5.74, 6) is 1.13. The summed E-state index contributed by atoms with van der Waals surface area (Å²) in [6.45, 7) is 6.09. The first-order chi connectivity index (χ1) is 11.5. The molecule has 1 fully saturated rings. The average molecular weight is 328 g/mol. The monoisotopic (exact) mass is 328 g/mol. The Kier molecular flexibility index (Phi) is 4.60. The Balaban J connectivity index is 2.03. The molecular weight excluding hydrogens is 304 g/mol. The Labute approximate surface area is 141 Å². The van der Waals surface area contributed by atoms with Crippen LogP contribution in [0.4, 0.5) is 0 Å². The summed E-state index contributed by atoms with van der Waals surface area (Å²) in [5, 5.41) is 0.527. The third kappa shape index (κ3) is 3.03. The molecule has 2 aromatic rings. The minimum absolute atomic E-state index is 0.161. The van der Waals surface area contributed by atoms with Crippen molar-refractivity contribution in [2.45, 2.75) is 26.7 Å². The zero-order chi connectivity index (χ0) is 17.3. The lowest BCUT2D eigenvalue weighted by Gasteiger charge is -2.30. The van der Waals surface area contributed by atoms with E-state index in [0.717, 1.165) is 31.4 Å². The highest BCUT2D eigenvalue weighted by molar-refractivity contribution is 5.97. The van der Waals surface area contributed by atoms with Crippen LogP contribution in [0, 0.1) is 5.92 Å². The molecule has 1 aromatic carbocycles. The van der Waals surface area contributed by atoms with Crippen LogP contribution in [0.5, 0.6) is 5.75 Å². The number of pyridine rings is 1. The van der Waals surface area contributed by atoms with Gasteiger partial charge in [-0.15, -0.1) is 0 Å². The van der Waals surface area contributed by atoms with Gasteiger partial charge in [0.2, 0.25) is 5.43 Å². The third-order valence-electron chi connectivity index (χ3n) is 4.77. The van der Waals surface area contributed by atoms with Crippen LogP contribution in [-0.4, -0.2) is 35.1 Å². The van der Waals surface area contributed by atoms with Gasteiger partial charge in [0.05, 0.1) is 17.5 Å². The molecule has 5 nitrogen and oxygen atoms in total. The lowest BCUT2D eigenvalue weighted by atomic mass is 9.98. The molecule has 1 saturated heterocycles. The summed E-state index contributed by atoms with van der Waals surface area (Å²) in [6.07, 6.45) is 3.65. The van der Waals surface area contributed by atoms with Gasteiger partial charge in [-0.05, 0) is 43.9 Å². The molecule has 1 aliphatic heterocycles. The number of benzene rings is 1. The summed E-state index contributed by atoms with van der Waals surface area (Å²) in [5.41, 5.74) is 0.828. The molecule has 0 unspecified atom stereocenters. The van der Waals surface area contributed by atoms with Gasteiger partial charge < -0.3 is 14.2 Å². The number of aromatic nitrogens is 1. The van der Waals surface area contributed by atoms with Gasteiger partial charge in [-0.3, -0.25) is 9.59 Å². The van der Waals surface area contributed by atoms with E-state index in [1.54, 1.807) is 17.2 Å². The summed E-state index contributed by atoms with van der Waals surface area (Å²) in [4.78, 5) is 27.5. The van der Waals surface area contributed by atoms with Crippen LogP contribution in [0.1, 0.15) is 37.0 Å². The number of ether oxygens (including phenoxy) is 1. The molecular formula is C19H24N2O3. The molecule has 0 N–H and O–H groups in total. The number of rotatable bonds is 3. The Morgan fingerprint density at radius 2 is 2.00 bits per heavy atom. The lowest BCUT2D eigenvalue weighted by Crippen LogP contribution is -2.40. The second kappa shape index (κ2) is 6.67. The van der Waals surface area contributed by atoms with Crippen molar-refractivity contribution in [1.29, 1.82) is 0 Å². The van der Waals surface area contributed by atoms with Crippen molar-refractivity contribution < 1.29 is 9.53 Å². The van der Waals surface area contributed by atoms with E-state index in [0.29, 0.717) is 23.7 Å². The molecule has 0 atom stereocenters. The number of hydrogen-bond donors (Lipinski definition) is 0. The van der Waals surface area contributed by atoms with E-state index in [1.807, 2.05) is 30.7 Å². The zero-order valence-corrected chi connectivity index (χ0v) is 14.5. The third-order valence-corrected chi connectivity index (χ3v) is 4.77. The Morgan fingerprint density at radius 3 is 2.67 bits per heavy atom. The maximum Gasteiger partial charge on any atom is 0.259 e. The second-order valence-electron chi connectivity index (χ2n) is 6.57. The molecule has 1 amide bonds. The number of carbonyl (C=O) groups is 1. The predicted molar refractivity (Wildman–Crippen MR) is 94.7 cm³/mol. The maximum absolute atomic E-state index is 12.9. The van der Waals surface area contributed by atoms with Gasteiger partial charge in [-0.2, -0.15) is 0 Å². The first-order valence-corrected chi connectivity index (χ1v) is 8.56. The minimum atomic E-state index is -0.215. The Hall–Kier alpha value is -2.30. The van der Waals surface area contributed by atoms with E-state index in [1.165, 1.54) is 0 Å². The molecule has 1 aliphatic rings. The Bertz CT molecular complexity index is 817. The van der Waals surface area contributed by atoms with Gasteiger partial charge in [0, 0.05) is 26.3 Å². The summed E-state index contributed by atoms with van der Waals surface area (Å²) >= 11 is 0. The lowest BCUT2D eigenvalue weighted by molar-refractivity contribution is 0.0695. The van der Waals surface area contributed by atoms with Gasteiger partial charge in [-0.25, -0.2) is 0 Å². The quantitative estimate of drug-likeness (QED) is 0.870. The van der Waals surface area contributed by atoms with Crippen LogP contribution in [0.3, 0.4) is 0 Å². The van der Waals surface area contributed by atoms with Crippen molar-refractivity contribution in [3.8, 4) is 5.75 Å². The number of piperidine rings is 1. The van der Waals surface area contributed by atoms with Crippen molar-refractivity contribution >= 4 is 16.8 Å². The van der Waals surface area contributed by atoms with Crippen molar-refractivity contribution in [2.24, 2.45) is 13.0 Å². The fraction of sp³-hybridized carbons (Fsp3) is 0.474. The highest BCUT2D eigenvalue weighted by atomic mass is 16.5. The molecule has 5 heteroatoms. The van der Waals surface area contributed by atoms with Crippen LogP contribution >= 0.6 is 0 Å². The smallest absolute Gasteiger partial charge is 0.259 e. The molecule has 0 radical (unpaired) electrons. The van der Waals surface area contributed by atoms with Crippen molar-refractivity contribution in [3.05, 3.63) is 40.2 Å². The SMILES string of the molecule is CCOc1ccc2c(c1)c(=O)c(C(=O)N1CCC(C)CC1)cn2C. The van der Waals surface area contributed by atoms with Crippen LogP contribution < -0.4 is 10.2 Å². The molecule has 2 heterocycles. The van der Waals surface area contributed by atoms with Gasteiger partial charge >= 0.3 is 0 Å². The zero-order valence-electron chi connectivity index (χ0n) is 14.5. The van der Waals surface area contributed by atoms with Gasteiger partial charge in [0.1, 0.15) is 11.3 Å². The number of fused-ring (bicyclic) bond motifs is 1. The van der Waals surface area contributed by atoms with Crippen molar-refractivity contribution in [3.63, 3.8) is 0 Å². The van der Waals surface area contributed by atoms with E-state index in [4.69, 9.17) is 4.74 Å². The topological polar surface area (TPSA) is 51.5 Å². The van der Waals surface area contributed by atoms with Gasteiger partial charge in [0.15, 0.2) is 0 Å². The number of amides is 1. The fourth-order valence-electron chi connectivity index (χ4n) is 3.26. The van der Waals surface area contributed by atoms with Crippen molar-refractivity contribution in [1.82, 2.24) is 9.47 Å². The molecule has 0 bridgehead atoms. The highest BCUT2D eigenvalue weighted by Crippen LogP contribution is 2.21. The normalized spacial score (nSPS) is 15.7. The molecule has 0 saturated carbocycles. The summed E-state index contributed by atoms with van der Waals surface area (Å²) in [7, 11) is 1.86. The number of nitrogens with zero attached hydrogens (tertiary/aromatic N) is 2. The number of hydrogen-bond acceptors (Lipinski definition) is 3. The van der Waals surface area contributed by atoms with E-state index in [2.05, 4.69) is 6.92 Å². The minimum Gasteiger partial charge on any atom is -0.494 e. The average Bonchev–Trinajstić information content (AvgIpc) is 2.58. The molecule has 0 spiro atoms. The highest BCUT2D eigenvalue weighted by Gasteiger charge is 2.24. The summed E-state index contributed by atoms with van der Waals surface area (Å²) < 4.78 is 7.33. The van der Waals surface area contributed by atoms with Gasteiger partial charge in [-0.1, -0.05) is 6.92 Å². The first-order valence-electron chi connectivity index (χ1n) is 8.56. The van der Waals surface area contributed by atoms with Gasteiger partial charge in [0.25, 0.3) is 5.91 Å². The first kappa shape index (κ1) is 16.6. The van der Waals surface area contributed by atoms with Crippen LogP contribution in [0.2, 0.25) is 0 Å². The number of likely N-dealkylation sites (tertiary alicyclic amines) is 1. The van der Waals surface area contributed by atoms with E-state index < -0.39 is 0 Å². The molecule has 1 aromatic heterocycles. The summed E-state index contributed by atoms with van der Waals surface area (Å²) in [6, 6.07) is 5.44. The molecule has 0 aliphatic carbocycles. The van der Waals surface area contributed by atoms with Crippen LogP contribution in [0.15, 0.2) is 29.2 Å². The largest absolute Gasteiger partial charge is 0.494 e. The van der Waals surface area contributed by atoms with Crippen molar-refractivity contribution in [2.75, 3.05) is 19.7 Å². The maximum atomic E-state index is 12.9. The fourth-order valence-corrected chi connectivity index (χ4v) is 3.26. The molecule has 128 valence electrons. The van der Waals surface area contributed by atoms with E-state index in [9.17, 15) is 9.59 Å². The van der Waals surface area contributed by atoms with Crippen LogP contribution in [0.25, 0.3) is 10.9 Å². The number of aryl methyl sites for hydroxylation is 1. The van der Waals surface area contributed by atoms with E-state index >= 15 is 0 Å². The standard InChI is InChI=1S/C19H24N2O3/c1-4-24-14-5-6-17-15(11-14)18(22)16(12-20(17)3)19(23)21-9-7-13(2)8-10-21/h5-6,11-13H,4,7-10H2,1-3H3. The van der Waals surface area contributed by atoms with Crippen LogP contribution in [-0.2, 0) is 7.05 Å². The predicted octanol–water partition coefficient (Wildman–Crippen LogP) is 2.81. The second-order valence-corrected chi connectivity index (χ2v) is 6.57.